The van der Waals surface area contributed by atoms with Crippen LogP contribution in [0, 0.1) is 0 Å². The highest BCUT2D eigenvalue weighted by molar-refractivity contribution is 6.09. The largest absolute Gasteiger partial charge is 0.497 e. The maximum absolute atomic E-state index is 14.1. The lowest BCUT2D eigenvalue weighted by molar-refractivity contribution is -0.119. The molecule has 0 bridgehead atoms. The van der Waals surface area contributed by atoms with Crippen LogP contribution in [0.3, 0.4) is 0 Å². The summed E-state index contributed by atoms with van der Waals surface area (Å²) in [7, 11) is -2.72. The van der Waals surface area contributed by atoms with Gasteiger partial charge in [0.1, 0.15) is 11.4 Å². The molecule has 0 saturated carbocycles. The summed E-state index contributed by atoms with van der Waals surface area (Å²) in [6, 6.07) is 2.57. The van der Waals surface area contributed by atoms with E-state index in [9.17, 15) is 14.4 Å². The minimum atomic E-state index is -2.72. The lowest BCUT2D eigenvalue weighted by atomic mass is 10.0. The summed E-state index contributed by atoms with van der Waals surface area (Å²) in [5.74, 6) is -2.57. The molecule has 1 aromatic heterocycles. The Morgan fingerprint density at radius 1 is 1.06 bits per heavy atom. The number of nitrogens with two attached hydrogens (primary N) is 1. The molecule has 1 fully saturated rings. The fraction of sp³-hybridized carbons (Fsp3) is 0.280. The molecule has 3 amide bonds. The molecule has 5 rings (SSSR count). The van der Waals surface area contributed by atoms with Crippen LogP contribution in [0.2, 0.25) is 0 Å². The van der Waals surface area contributed by atoms with Gasteiger partial charge in [0.25, 0.3) is 11.8 Å². The number of amides is 3. The highest BCUT2D eigenvalue weighted by atomic mass is 16.5. The standard InChI is InChI=1S/C25H25N5O4/c1-34-19-11-9-18(10-12-19)30-23-20(22(27-30)24(26)32)13-15-29(25(23)33)17-7-5-16(6-8-17)28-14-3-2-4-21(28)31/h5-12H,2-4,13-15H2,1H3,(H2,26,32)/i1D3,5D,6D,7D,8D,15D2. The number of carbonyl (C=O) groups excluding carboxylic acids is 3. The van der Waals surface area contributed by atoms with E-state index in [1.54, 1.807) is 0 Å². The van der Waals surface area contributed by atoms with Gasteiger partial charge in [-0.25, -0.2) is 4.68 Å². The number of benzene rings is 2. The zero-order chi connectivity index (χ0) is 31.6. The highest BCUT2D eigenvalue weighted by Gasteiger charge is 2.34. The van der Waals surface area contributed by atoms with Crippen LogP contribution in [0.1, 0.15) is 58.1 Å². The molecule has 9 nitrogen and oxygen atoms in total. The molecule has 2 N–H and O–H groups in total. The number of methoxy groups -OCH3 is 1. The van der Waals surface area contributed by atoms with E-state index in [0.29, 0.717) is 17.7 Å². The topological polar surface area (TPSA) is 111 Å². The molecule has 2 aromatic carbocycles. The van der Waals surface area contributed by atoms with Crippen molar-refractivity contribution in [1.82, 2.24) is 9.78 Å². The molecule has 0 radical (unpaired) electrons. The number of ether oxygens (including phenoxy) is 1. The van der Waals surface area contributed by atoms with Crippen LogP contribution in [-0.4, -0.2) is 47.6 Å². The van der Waals surface area contributed by atoms with E-state index in [1.807, 2.05) is 0 Å². The van der Waals surface area contributed by atoms with Gasteiger partial charge in [-0.05, 0) is 67.7 Å². The zero-order valence-electron chi connectivity index (χ0n) is 26.8. The first-order valence-electron chi connectivity index (χ1n) is 15.0. The van der Waals surface area contributed by atoms with E-state index in [1.165, 1.54) is 29.2 Å². The number of fused-ring (bicyclic) bond motifs is 1. The molecular weight excluding hydrogens is 434 g/mol. The lowest BCUT2D eigenvalue weighted by Gasteiger charge is -2.29. The van der Waals surface area contributed by atoms with Gasteiger partial charge in [0, 0.05) is 36.4 Å². The molecule has 2 aliphatic rings. The fourth-order valence-electron chi connectivity index (χ4n) is 3.98. The Balaban J connectivity index is 1.66. The number of hydrogen-bond acceptors (Lipinski definition) is 5. The Hall–Kier alpha value is -4.14. The van der Waals surface area contributed by atoms with Crippen LogP contribution >= 0.6 is 0 Å². The minimum absolute atomic E-state index is 0.0277. The summed E-state index contributed by atoms with van der Waals surface area (Å²) in [5, 5.41) is 4.14. The summed E-state index contributed by atoms with van der Waals surface area (Å²) in [6.45, 7) is -2.47. The fourth-order valence-corrected chi connectivity index (χ4v) is 3.98. The van der Waals surface area contributed by atoms with Gasteiger partial charge >= 0.3 is 0 Å². The number of carbonyl (C=O) groups is 3. The van der Waals surface area contributed by atoms with Crippen molar-refractivity contribution in [2.24, 2.45) is 5.73 Å². The molecule has 3 aromatic rings. The molecule has 34 heavy (non-hydrogen) atoms. The predicted molar refractivity (Wildman–Crippen MR) is 127 cm³/mol. The van der Waals surface area contributed by atoms with Crippen molar-refractivity contribution < 1.29 is 31.5 Å². The van der Waals surface area contributed by atoms with Crippen molar-refractivity contribution in [3.05, 3.63) is 65.4 Å². The third kappa shape index (κ3) is 3.68. The number of hydrogen-bond donors (Lipinski definition) is 1. The van der Waals surface area contributed by atoms with Crippen molar-refractivity contribution in [3.63, 3.8) is 0 Å². The van der Waals surface area contributed by atoms with Crippen LogP contribution in [0.25, 0.3) is 5.69 Å². The third-order valence-electron chi connectivity index (χ3n) is 5.65. The summed E-state index contributed by atoms with van der Waals surface area (Å²) in [4.78, 5) is 40.6. The summed E-state index contributed by atoms with van der Waals surface area (Å²) in [5.41, 5.74) is 3.90. The van der Waals surface area contributed by atoms with E-state index in [4.69, 9.17) is 22.8 Å². The summed E-state index contributed by atoms with van der Waals surface area (Å²) >= 11 is 0. The zero-order valence-corrected chi connectivity index (χ0v) is 17.8. The number of primary amides is 1. The van der Waals surface area contributed by atoms with Crippen LogP contribution < -0.4 is 20.3 Å². The number of aromatic nitrogens is 2. The van der Waals surface area contributed by atoms with Crippen LogP contribution in [0.4, 0.5) is 11.4 Å². The first-order valence-corrected chi connectivity index (χ1v) is 10.5. The molecule has 1 saturated heterocycles. The average Bonchev–Trinajstić information content (AvgIpc) is 3.29. The van der Waals surface area contributed by atoms with Crippen LogP contribution in [-0.2, 0) is 11.2 Å². The van der Waals surface area contributed by atoms with Gasteiger partial charge in [-0.2, -0.15) is 5.10 Å². The van der Waals surface area contributed by atoms with Gasteiger partial charge < -0.3 is 20.3 Å². The van der Waals surface area contributed by atoms with Gasteiger partial charge in [0.15, 0.2) is 5.69 Å². The highest BCUT2D eigenvalue weighted by Crippen LogP contribution is 2.31. The second kappa shape index (κ2) is 8.66. The second-order valence-corrected chi connectivity index (χ2v) is 7.72. The van der Waals surface area contributed by atoms with Crippen LogP contribution in [0.15, 0.2) is 48.4 Å². The average molecular weight is 469 g/mol. The SMILES string of the molecule is [2H]c1c([2H])c(N2C(=O)c3c(c(C(N)=O)nn3-c3ccc(OC([2H])([2H])[2H])cc3)CC2([2H])[2H])c([2H])c([2H])c1N1CCCCC1=O. The molecular formula is C25H25N5O4. The third-order valence-corrected chi connectivity index (χ3v) is 5.65. The van der Waals surface area contributed by atoms with Gasteiger partial charge in [-0.1, -0.05) is 0 Å². The first-order chi connectivity index (χ1) is 20.0. The van der Waals surface area contributed by atoms with Crippen molar-refractivity contribution in [1.29, 1.82) is 0 Å². The number of anilines is 2. The van der Waals surface area contributed by atoms with Crippen LogP contribution in [0.5, 0.6) is 5.75 Å². The minimum Gasteiger partial charge on any atom is -0.497 e. The van der Waals surface area contributed by atoms with Gasteiger partial charge in [-0.3, -0.25) is 14.4 Å². The normalized spacial score (nSPS) is 21.6. The monoisotopic (exact) mass is 468 g/mol. The van der Waals surface area contributed by atoms with E-state index in [0.717, 1.165) is 4.68 Å². The maximum atomic E-state index is 14.1. The Morgan fingerprint density at radius 3 is 2.41 bits per heavy atom. The number of piperidine rings is 1. The van der Waals surface area contributed by atoms with Crippen molar-refractivity contribution in [3.8, 4) is 11.4 Å². The molecule has 0 aliphatic carbocycles. The summed E-state index contributed by atoms with van der Waals surface area (Å²) < 4.78 is 79.6. The molecule has 0 spiro atoms. The number of rotatable bonds is 5. The predicted octanol–water partition coefficient (Wildman–Crippen LogP) is 2.70. The van der Waals surface area contributed by atoms with E-state index in [2.05, 4.69) is 5.10 Å². The Bertz CT molecular complexity index is 1640. The van der Waals surface area contributed by atoms with Gasteiger partial charge in [0.05, 0.1) is 25.1 Å². The Morgan fingerprint density at radius 2 is 1.76 bits per heavy atom. The molecule has 174 valence electrons. The molecule has 0 unspecified atom stereocenters. The van der Waals surface area contributed by atoms with Crippen molar-refractivity contribution in [2.75, 3.05) is 29.9 Å². The lowest BCUT2D eigenvalue weighted by Crippen LogP contribution is -2.39. The van der Waals surface area contributed by atoms with Crippen molar-refractivity contribution >= 4 is 29.1 Å². The molecule has 9 heteroatoms. The van der Waals surface area contributed by atoms with E-state index >= 15 is 0 Å². The van der Waals surface area contributed by atoms with Crippen molar-refractivity contribution in [2.45, 2.75) is 25.7 Å². The first kappa shape index (κ1) is 13.5. The summed E-state index contributed by atoms with van der Waals surface area (Å²) in [6.07, 6.45) is 0.750. The second-order valence-electron chi connectivity index (χ2n) is 7.72. The maximum Gasteiger partial charge on any atom is 0.277 e. The molecule has 0 atom stereocenters. The van der Waals surface area contributed by atoms with Gasteiger partial charge in [0.2, 0.25) is 5.91 Å². The van der Waals surface area contributed by atoms with E-state index < -0.39 is 67.3 Å². The Kier molecular flexibility index (Phi) is 3.45. The molecule has 3 heterocycles. The van der Waals surface area contributed by atoms with E-state index in [-0.39, 0.29) is 47.3 Å². The number of nitrogens with zero attached hydrogens (tertiary/aromatic N) is 4. The molecule has 2 aliphatic heterocycles. The van der Waals surface area contributed by atoms with Gasteiger partial charge in [-0.15, -0.1) is 0 Å². The Labute approximate surface area is 209 Å². The quantitative estimate of drug-likeness (QED) is 0.619. The smallest absolute Gasteiger partial charge is 0.277 e.